The Hall–Kier alpha value is -0.120. The summed E-state index contributed by atoms with van der Waals surface area (Å²) in [5.41, 5.74) is 0.403. The van der Waals surface area contributed by atoms with E-state index in [9.17, 15) is 0 Å². The van der Waals surface area contributed by atoms with Gasteiger partial charge in [-0.15, -0.1) is 0 Å². The molecular formula is C13H28N2O. The largest absolute Gasteiger partial charge is 0.376 e. The first-order chi connectivity index (χ1) is 7.59. The van der Waals surface area contributed by atoms with Gasteiger partial charge < -0.3 is 10.1 Å². The summed E-state index contributed by atoms with van der Waals surface area (Å²) in [6.07, 6.45) is 2.95. The van der Waals surface area contributed by atoms with Gasteiger partial charge in [-0.05, 0) is 25.8 Å². The van der Waals surface area contributed by atoms with E-state index in [1.807, 2.05) is 0 Å². The molecule has 96 valence electrons. The first-order valence-electron chi connectivity index (χ1n) is 6.58. The first kappa shape index (κ1) is 13.9. The molecule has 2 unspecified atom stereocenters. The molecule has 1 fully saturated rings. The molecule has 0 aromatic carbocycles. The fourth-order valence-corrected chi connectivity index (χ4v) is 2.83. The molecule has 0 saturated carbocycles. The third-order valence-corrected chi connectivity index (χ3v) is 3.39. The molecule has 0 aliphatic carbocycles. The number of nitrogens with one attached hydrogen (secondary N) is 1. The lowest BCUT2D eigenvalue weighted by Crippen LogP contribution is -2.48. The van der Waals surface area contributed by atoms with Crippen LogP contribution in [0, 0.1) is 5.41 Å². The standard InChI is InChI=1S/C13H28N2O/c1-5-6-13(3,10-14-4)11-15-7-8-16-12(2)9-15/h12,14H,5-11H2,1-4H3. The topological polar surface area (TPSA) is 24.5 Å². The van der Waals surface area contributed by atoms with Crippen LogP contribution < -0.4 is 5.32 Å². The van der Waals surface area contributed by atoms with Crippen molar-refractivity contribution in [1.82, 2.24) is 10.2 Å². The fraction of sp³-hybridized carbons (Fsp3) is 1.00. The molecule has 0 radical (unpaired) electrons. The van der Waals surface area contributed by atoms with Crippen molar-refractivity contribution in [3.63, 3.8) is 0 Å². The third-order valence-electron chi connectivity index (χ3n) is 3.39. The number of nitrogens with zero attached hydrogens (tertiary/aromatic N) is 1. The predicted octanol–water partition coefficient (Wildman–Crippen LogP) is 1.73. The van der Waals surface area contributed by atoms with Crippen LogP contribution in [0.4, 0.5) is 0 Å². The molecule has 1 aliphatic heterocycles. The maximum Gasteiger partial charge on any atom is 0.0674 e. The van der Waals surface area contributed by atoms with Crippen molar-refractivity contribution in [3.05, 3.63) is 0 Å². The van der Waals surface area contributed by atoms with Crippen molar-refractivity contribution in [2.75, 3.05) is 39.8 Å². The average Bonchev–Trinajstić information content (AvgIpc) is 2.17. The minimum atomic E-state index is 0.397. The highest BCUT2D eigenvalue weighted by Crippen LogP contribution is 2.24. The minimum absolute atomic E-state index is 0.397. The highest BCUT2D eigenvalue weighted by Gasteiger charge is 2.27. The highest BCUT2D eigenvalue weighted by molar-refractivity contribution is 4.82. The van der Waals surface area contributed by atoms with Gasteiger partial charge in [-0.25, -0.2) is 0 Å². The number of rotatable bonds is 6. The summed E-state index contributed by atoms with van der Waals surface area (Å²) in [6.45, 7) is 12.2. The third kappa shape index (κ3) is 4.40. The first-order valence-corrected chi connectivity index (χ1v) is 6.58. The van der Waals surface area contributed by atoms with Gasteiger partial charge in [0.25, 0.3) is 0 Å². The van der Waals surface area contributed by atoms with E-state index in [1.165, 1.54) is 19.4 Å². The minimum Gasteiger partial charge on any atom is -0.376 e. The second-order valence-electron chi connectivity index (χ2n) is 5.51. The Morgan fingerprint density at radius 1 is 1.50 bits per heavy atom. The molecule has 2 atom stereocenters. The van der Waals surface area contributed by atoms with Crippen LogP contribution in [0.25, 0.3) is 0 Å². The Labute approximate surface area is 101 Å². The molecule has 1 heterocycles. The molecule has 1 rings (SSSR count). The quantitative estimate of drug-likeness (QED) is 0.749. The summed E-state index contributed by atoms with van der Waals surface area (Å²) in [5.74, 6) is 0. The molecule has 0 aromatic heterocycles. The van der Waals surface area contributed by atoms with Crippen molar-refractivity contribution >= 4 is 0 Å². The summed E-state index contributed by atoms with van der Waals surface area (Å²) >= 11 is 0. The van der Waals surface area contributed by atoms with Gasteiger partial charge in [0.1, 0.15) is 0 Å². The van der Waals surface area contributed by atoms with Crippen molar-refractivity contribution in [3.8, 4) is 0 Å². The van der Waals surface area contributed by atoms with Gasteiger partial charge in [-0.3, -0.25) is 4.90 Å². The fourth-order valence-electron chi connectivity index (χ4n) is 2.83. The Bertz CT molecular complexity index is 190. The highest BCUT2D eigenvalue weighted by atomic mass is 16.5. The average molecular weight is 228 g/mol. The molecule has 0 aromatic rings. The van der Waals surface area contributed by atoms with Crippen LogP contribution in [0.1, 0.15) is 33.6 Å². The molecule has 1 N–H and O–H groups in total. The van der Waals surface area contributed by atoms with Crippen molar-refractivity contribution in [1.29, 1.82) is 0 Å². The normalized spacial score (nSPS) is 26.6. The second kappa shape index (κ2) is 6.58. The Kier molecular flexibility index (Phi) is 5.73. The van der Waals surface area contributed by atoms with E-state index in [2.05, 4.69) is 38.0 Å². The molecule has 0 bridgehead atoms. The SMILES string of the molecule is CCCC(C)(CNC)CN1CCOC(C)C1. The Morgan fingerprint density at radius 2 is 2.25 bits per heavy atom. The number of ether oxygens (including phenoxy) is 1. The lowest BCUT2D eigenvalue weighted by Gasteiger charge is -2.39. The van der Waals surface area contributed by atoms with Crippen LogP contribution in [-0.4, -0.2) is 50.8 Å². The van der Waals surface area contributed by atoms with Gasteiger partial charge in [0.15, 0.2) is 0 Å². The summed E-state index contributed by atoms with van der Waals surface area (Å²) in [6, 6.07) is 0. The van der Waals surface area contributed by atoms with Gasteiger partial charge in [0.2, 0.25) is 0 Å². The van der Waals surface area contributed by atoms with Crippen molar-refractivity contribution in [2.45, 2.75) is 39.7 Å². The number of hydrogen-bond donors (Lipinski definition) is 1. The summed E-state index contributed by atoms with van der Waals surface area (Å²) in [5, 5.41) is 3.34. The smallest absolute Gasteiger partial charge is 0.0674 e. The predicted molar refractivity (Wildman–Crippen MR) is 68.8 cm³/mol. The van der Waals surface area contributed by atoms with E-state index in [4.69, 9.17) is 4.74 Å². The molecular weight excluding hydrogens is 200 g/mol. The van der Waals surface area contributed by atoms with Crippen molar-refractivity contribution < 1.29 is 4.74 Å². The van der Waals surface area contributed by atoms with Gasteiger partial charge >= 0.3 is 0 Å². The molecule has 0 spiro atoms. The monoisotopic (exact) mass is 228 g/mol. The summed E-state index contributed by atoms with van der Waals surface area (Å²) < 4.78 is 5.59. The Balaban J connectivity index is 2.46. The number of hydrogen-bond acceptors (Lipinski definition) is 3. The number of morpholine rings is 1. The van der Waals surface area contributed by atoms with Crippen molar-refractivity contribution in [2.24, 2.45) is 5.41 Å². The van der Waals surface area contributed by atoms with E-state index in [1.54, 1.807) is 0 Å². The van der Waals surface area contributed by atoms with Crippen LogP contribution in [-0.2, 0) is 4.74 Å². The maximum absolute atomic E-state index is 5.59. The molecule has 3 heteroatoms. The van der Waals surface area contributed by atoms with Crippen LogP contribution >= 0.6 is 0 Å². The van der Waals surface area contributed by atoms with Gasteiger partial charge in [-0.1, -0.05) is 20.3 Å². The van der Waals surface area contributed by atoms with Gasteiger partial charge in [-0.2, -0.15) is 0 Å². The van der Waals surface area contributed by atoms with Crippen LogP contribution in [0.2, 0.25) is 0 Å². The van der Waals surface area contributed by atoms with E-state index in [-0.39, 0.29) is 0 Å². The van der Waals surface area contributed by atoms with Crippen LogP contribution in [0.3, 0.4) is 0 Å². The molecule has 1 aliphatic rings. The van der Waals surface area contributed by atoms with E-state index < -0.39 is 0 Å². The van der Waals surface area contributed by atoms with E-state index in [0.29, 0.717) is 11.5 Å². The zero-order valence-corrected chi connectivity index (χ0v) is 11.4. The molecule has 16 heavy (non-hydrogen) atoms. The zero-order valence-electron chi connectivity index (χ0n) is 11.4. The molecule has 0 amide bonds. The summed E-state index contributed by atoms with van der Waals surface area (Å²) in [4.78, 5) is 2.56. The molecule has 1 saturated heterocycles. The lowest BCUT2D eigenvalue weighted by atomic mass is 9.84. The summed E-state index contributed by atoms with van der Waals surface area (Å²) in [7, 11) is 2.05. The second-order valence-corrected chi connectivity index (χ2v) is 5.51. The van der Waals surface area contributed by atoms with Crippen LogP contribution in [0.15, 0.2) is 0 Å². The maximum atomic E-state index is 5.59. The molecule has 3 nitrogen and oxygen atoms in total. The lowest BCUT2D eigenvalue weighted by molar-refractivity contribution is -0.0314. The zero-order chi connectivity index (χ0) is 12.0. The van der Waals surface area contributed by atoms with Crippen LogP contribution in [0.5, 0.6) is 0 Å². The van der Waals surface area contributed by atoms with Gasteiger partial charge in [0, 0.05) is 26.2 Å². The van der Waals surface area contributed by atoms with Gasteiger partial charge in [0.05, 0.1) is 12.7 Å². The van der Waals surface area contributed by atoms with E-state index in [0.717, 1.165) is 26.2 Å². The Morgan fingerprint density at radius 3 is 2.81 bits per heavy atom. The van der Waals surface area contributed by atoms with E-state index >= 15 is 0 Å².